The molecular weight excluding hydrogens is 325 g/mol. The van der Waals surface area contributed by atoms with E-state index in [0.717, 1.165) is 28.1 Å². The van der Waals surface area contributed by atoms with E-state index in [1.807, 2.05) is 12.1 Å². The number of benzene rings is 1. The molecule has 2 nitrogen and oxygen atoms in total. The molecule has 1 atom stereocenters. The Kier molecular flexibility index (Phi) is 3.25. The minimum Gasteiger partial charge on any atom is -0.325 e. The second-order valence-electron chi connectivity index (χ2n) is 5.57. The zero-order chi connectivity index (χ0) is 14.6. The van der Waals surface area contributed by atoms with Crippen molar-refractivity contribution in [3.63, 3.8) is 0 Å². The van der Waals surface area contributed by atoms with Gasteiger partial charge in [0.1, 0.15) is 0 Å². The Morgan fingerprint density at radius 2 is 2.05 bits per heavy atom. The van der Waals surface area contributed by atoms with Crippen LogP contribution in [0.1, 0.15) is 38.2 Å². The Hall–Kier alpha value is -1.03. The summed E-state index contributed by atoms with van der Waals surface area (Å²) in [5.41, 5.74) is 4.13. The number of carbonyl (C=O) groups is 1. The van der Waals surface area contributed by atoms with Crippen LogP contribution in [0.3, 0.4) is 0 Å². The molecule has 1 aliphatic carbocycles. The lowest BCUT2D eigenvalue weighted by molar-refractivity contribution is -0.115. The van der Waals surface area contributed by atoms with Gasteiger partial charge in [-0.1, -0.05) is 11.6 Å². The summed E-state index contributed by atoms with van der Waals surface area (Å²) >= 11 is 14.8. The second-order valence-corrected chi connectivity index (χ2v) is 7.58. The van der Waals surface area contributed by atoms with Crippen LogP contribution in [0.15, 0.2) is 18.2 Å². The van der Waals surface area contributed by atoms with Gasteiger partial charge in [0.05, 0.1) is 11.8 Å². The summed E-state index contributed by atoms with van der Waals surface area (Å²) in [7, 11) is 0. The van der Waals surface area contributed by atoms with Crippen LogP contribution in [-0.2, 0) is 24.1 Å². The first kappa shape index (κ1) is 13.6. The molecule has 0 saturated heterocycles. The molecule has 1 aromatic carbocycles. The van der Waals surface area contributed by atoms with E-state index < -0.39 is 0 Å². The Labute approximate surface area is 137 Å². The zero-order valence-corrected chi connectivity index (χ0v) is 13.5. The van der Waals surface area contributed by atoms with Gasteiger partial charge in [0.25, 0.3) is 0 Å². The summed E-state index contributed by atoms with van der Waals surface area (Å²) in [6, 6.07) is 6.00. The summed E-state index contributed by atoms with van der Waals surface area (Å²) in [5, 5.41) is 3.19. The Bertz CT molecular complexity index is 731. The number of amides is 1. The lowest BCUT2D eigenvalue weighted by Gasteiger charge is -2.12. The standard InChI is InChI=1S/C16H13Cl2NOS/c17-11-7-12-9(6-15(20)19-12)4-10(11)16(18)14-5-8-2-1-3-13(8)21-14/h4-5,7,16H,1-3,6H2,(H,19,20). The summed E-state index contributed by atoms with van der Waals surface area (Å²) in [6.07, 6.45) is 3.98. The number of alkyl halides is 1. The van der Waals surface area contributed by atoms with Crippen LogP contribution in [0.4, 0.5) is 5.69 Å². The van der Waals surface area contributed by atoms with Crippen LogP contribution in [0, 0.1) is 0 Å². The predicted octanol–water partition coefficient (Wildman–Crippen LogP) is 4.71. The van der Waals surface area contributed by atoms with Crippen molar-refractivity contribution >= 4 is 46.1 Å². The molecule has 2 aromatic rings. The summed E-state index contributed by atoms with van der Waals surface area (Å²) in [5.74, 6) is 0.0134. The van der Waals surface area contributed by atoms with Gasteiger partial charge in [0.15, 0.2) is 0 Å². The van der Waals surface area contributed by atoms with Crippen LogP contribution in [0.5, 0.6) is 0 Å². The molecule has 4 rings (SSSR count). The van der Waals surface area contributed by atoms with Gasteiger partial charge in [-0.15, -0.1) is 22.9 Å². The van der Waals surface area contributed by atoms with Crippen LogP contribution in [0.2, 0.25) is 5.02 Å². The quantitative estimate of drug-likeness (QED) is 0.789. The number of halogens is 2. The van der Waals surface area contributed by atoms with Gasteiger partial charge in [0, 0.05) is 20.5 Å². The third-order valence-corrected chi connectivity index (χ3v) is 6.36. The minimum absolute atomic E-state index is 0.0134. The maximum absolute atomic E-state index is 11.5. The fourth-order valence-electron chi connectivity index (χ4n) is 3.09. The molecule has 2 aliphatic rings. The Morgan fingerprint density at radius 1 is 1.19 bits per heavy atom. The monoisotopic (exact) mass is 337 g/mol. The molecule has 1 unspecified atom stereocenters. The fraction of sp³-hybridized carbons (Fsp3) is 0.312. The first-order valence-electron chi connectivity index (χ1n) is 6.99. The van der Waals surface area contributed by atoms with Crippen molar-refractivity contribution in [2.75, 3.05) is 5.32 Å². The highest BCUT2D eigenvalue weighted by molar-refractivity contribution is 7.12. The van der Waals surface area contributed by atoms with Crippen molar-refractivity contribution in [2.24, 2.45) is 0 Å². The number of hydrogen-bond donors (Lipinski definition) is 1. The highest BCUT2D eigenvalue weighted by Crippen LogP contribution is 2.43. The lowest BCUT2D eigenvalue weighted by atomic mass is 10.0. The summed E-state index contributed by atoms with van der Waals surface area (Å²) in [6.45, 7) is 0. The van der Waals surface area contributed by atoms with Crippen LogP contribution in [0.25, 0.3) is 0 Å². The van der Waals surface area contributed by atoms with Crippen molar-refractivity contribution in [3.05, 3.63) is 49.7 Å². The third-order valence-electron chi connectivity index (χ3n) is 4.14. The third kappa shape index (κ3) is 2.28. The Balaban J connectivity index is 1.72. The smallest absolute Gasteiger partial charge is 0.228 e. The highest BCUT2D eigenvalue weighted by atomic mass is 35.5. The normalized spacial score (nSPS) is 17.5. The Morgan fingerprint density at radius 3 is 2.86 bits per heavy atom. The van der Waals surface area contributed by atoms with E-state index in [4.69, 9.17) is 23.2 Å². The highest BCUT2D eigenvalue weighted by Gasteiger charge is 2.25. The molecule has 0 saturated carbocycles. The maximum Gasteiger partial charge on any atom is 0.228 e. The molecule has 108 valence electrons. The van der Waals surface area contributed by atoms with Crippen molar-refractivity contribution < 1.29 is 4.79 Å². The van der Waals surface area contributed by atoms with Gasteiger partial charge >= 0.3 is 0 Å². The summed E-state index contributed by atoms with van der Waals surface area (Å²) < 4.78 is 0. The molecule has 1 amide bonds. The van der Waals surface area contributed by atoms with Gasteiger partial charge in [-0.05, 0) is 54.2 Å². The average molecular weight is 338 g/mol. The van der Waals surface area contributed by atoms with Crippen molar-refractivity contribution in [1.82, 2.24) is 0 Å². The molecule has 1 N–H and O–H groups in total. The summed E-state index contributed by atoms with van der Waals surface area (Å²) in [4.78, 5) is 14.1. The van der Waals surface area contributed by atoms with E-state index in [1.165, 1.54) is 23.3 Å². The van der Waals surface area contributed by atoms with Gasteiger partial charge in [0.2, 0.25) is 5.91 Å². The van der Waals surface area contributed by atoms with Crippen molar-refractivity contribution in [2.45, 2.75) is 31.1 Å². The van der Waals surface area contributed by atoms with E-state index in [-0.39, 0.29) is 11.3 Å². The molecule has 21 heavy (non-hydrogen) atoms. The number of nitrogens with one attached hydrogen (secondary N) is 1. The van der Waals surface area contributed by atoms with Gasteiger partial charge in [-0.3, -0.25) is 4.79 Å². The number of aryl methyl sites for hydroxylation is 2. The van der Waals surface area contributed by atoms with E-state index in [0.29, 0.717) is 11.4 Å². The van der Waals surface area contributed by atoms with Crippen molar-refractivity contribution in [1.29, 1.82) is 0 Å². The molecule has 0 fully saturated rings. The van der Waals surface area contributed by atoms with Crippen LogP contribution in [-0.4, -0.2) is 5.91 Å². The number of fused-ring (bicyclic) bond motifs is 2. The topological polar surface area (TPSA) is 29.1 Å². The molecule has 2 heterocycles. The maximum atomic E-state index is 11.5. The van der Waals surface area contributed by atoms with Crippen molar-refractivity contribution in [3.8, 4) is 0 Å². The van der Waals surface area contributed by atoms with E-state index in [1.54, 1.807) is 11.3 Å². The van der Waals surface area contributed by atoms with Gasteiger partial charge < -0.3 is 5.32 Å². The minimum atomic E-state index is -0.242. The van der Waals surface area contributed by atoms with Gasteiger partial charge in [-0.2, -0.15) is 0 Å². The lowest BCUT2D eigenvalue weighted by Crippen LogP contribution is -2.03. The molecule has 1 aromatic heterocycles. The largest absolute Gasteiger partial charge is 0.325 e. The molecule has 1 aliphatic heterocycles. The molecule has 0 bridgehead atoms. The zero-order valence-electron chi connectivity index (χ0n) is 11.2. The predicted molar refractivity (Wildman–Crippen MR) is 87.8 cm³/mol. The van der Waals surface area contributed by atoms with E-state index >= 15 is 0 Å². The second kappa shape index (κ2) is 5.01. The first-order valence-corrected chi connectivity index (χ1v) is 8.62. The van der Waals surface area contributed by atoms with E-state index in [2.05, 4.69) is 11.4 Å². The SMILES string of the molecule is O=C1Cc2cc(C(Cl)c3cc4c(s3)CCC4)c(Cl)cc2N1. The first-order chi connectivity index (χ1) is 10.1. The van der Waals surface area contributed by atoms with Gasteiger partial charge in [-0.25, -0.2) is 0 Å². The molecule has 0 spiro atoms. The van der Waals surface area contributed by atoms with Crippen LogP contribution >= 0.6 is 34.5 Å². The molecule has 5 heteroatoms. The number of carbonyl (C=O) groups excluding carboxylic acids is 1. The number of hydrogen-bond acceptors (Lipinski definition) is 2. The molecular formula is C16H13Cl2NOS. The number of thiophene rings is 1. The fourth-order valence-corrected chi connectivity index (χ4v) is 5.05. The average Bonchev–Trinajstić information content (AvgIpc) is 3.09. The van der Waals surface area contributed by atoms with E-state index in [9.17, 15) is 4.79 Å². The number of rotatable bonds is 2. The van der Waals surface area contributed by atoms with Crippen LogP contribution < -0.4 is 5.32 Å². The molecule has 0 radical (unpaired) electrons. The number of anilines is 1.